The van der Waals surface area contributed by atoms with E-state index in [1.807, 2.05) is 18.2 Å². The standard InChI is InChI=1S/C15H21N3S/c1-15(2,3)17-13-6-5-7-14(16-13)18(4)10-12-8-9-19-11-12/h5-9,11H,10H2,1-4H3,(H,16,17). The molecule has 2 aromatic rings. The number of thiophene rings is 1. The van der Waals surface area contributed by atoms with Crippen molar-refractivity contribution in [3.8, 4) is 0 Å². The van der Waals surface area contributed by atoms with E-state index in [1.165, 1.54) is 5.56 Å². The van der Waals surface area contributed by atoms with Crippen LogP contribution in [0.3, 0.4) is 0 Å². The average molecular weight is 275 g/mol. The third kappa shape index (κ3) is 4.24. The fourth-order valence-corrected chi connectivity index (χ4v) is 2.49. The average Bonchev–Trinajstić information content (AvgIpc) is 2.80. The van der Waals surface area contributed by atoms with Gasteiger partial charge < -0.3 is 10.2 Å². The van der Waals surface area contributed by atoms with Crippen LogP contribution in [-0.4, -0.2) is 17.6 Å². The Balaban J connectivity index is 2.09. The van der Waals surface area contributed by atoms with Gasteiger partial charge in [-0.05, 0) is 55.3 Å². The van der Waals surface area contributed by atoms with Gasteiger partial charge in [0.25, 0.3) is 0 Å². The fourth-order valence-electron chi connectivity index (χ4n) is 1.83. The molecule has 0 saturated carbocycles. The molecule has 0 aliphatic heterocycles. The van der Waals surface area contributed by atoms with Crippen molar-refractivity contribution in [1.29, 1.82) is 0 Å². The number of nitrogens with one attached hydrogen (secondary N) is 1. The van der Waals surface area contributed by atoms with E-state index >= 15 is 0 Å². The molecule has 3 nitrogen and oxygen atoms in total. The molecule has 0 saturated heterocycles. The normalized spacial score (nSPS) is 11.4. The zero-order valence-corrected chi connectivity index (χ0v) is 12.8. The van der Waals surface area contributed by atoms with Gasteiger partial charge in [0.05, 0.1) is 0 Å². The molecule has 1 N–H and O–H groups in total. The van der Waals surface area contributed by atoms with Crippen LogP contribution in [-0.2, 0) is 6.54 Å². The number of anilines is 2. The van der Waals surface area contributed by atoms with E-state index in [9.17, 15) is 0 Å². The summed E-state index contributed by atoms with van der Waals surface area (Å²) in [4.78, 5) is 6.82. The van der Waals surface area contributed by atoms with E-state index < -0.39 is 0 Å². The van der Waals surface area contributed by atoms with E-state index in [2.05, 4.69) is 59.8 Å². The zero-order valence-electron chi connectivity index (χ0n) is 12.0. The van der Waals surface area contributed by atoms with Crippen molar-refractivity contribution in [2.45, 2.75) is 32.9 Å². The molecule has 0 spiro atoms. The predicted octanol–water partition coefficient (Wildman–Crippen LogP) is 3.99. The summed E-state index contributed by atoms with van der Waals surface area (Å²) in [7, 11) is 2.07. The second kappa shape index (κ2) is 5.61. The second-order valence-corrected chi connectivity index (χ2v) is 6.52. The molecule has 0 aliphatic rings. The Labute approximate surface area is 119 Å². The second-order valence-electron chi connectivity index (χ2n) is 5.74. The molecule has 0 fully saturated rings. The molecule has 19 heavy (non-hydrogen) atoms. The number of hydrogen-bond acceptors (Lipinski definition) is 4. The third-order valence-electron chi connectivity index (χ3n) is 2.63. The third-order valence-corrected chi connectivity index (χ3v) is 3.36. The molecule has 0 amide bonds. The van der Waals surface area contributed by atoms with Crippen LogP contribution in [0.2, 0.25) is 0 Å². The molecule has 4 heteroatoms. The number of rotatable bonds is 4. The van der Waals surface area contributed by atoms with Crippen molar-refractivity contribution in [3.63, 3.8) is 0 Å². The molecule has 102 valence electrons. The summed E-state index contributed by atoms with van der Waals surface area (Å²) >= 11 is 1.73. The Morgan fingerprint density at radius 3 is 2.68 bits per heavy atom. The highest BCUT2D eigenvalue weighted by Crippen LogP contribution is 2.18. The number of aromatic nitrogens is 1. The highest BCUT2D eigenvalue weighted by Gasteiger charge is 2.11. The first kappa shape index (κ1) is 13.9. The van der Waals surface area contributed by atoms with Crippen LogP contribution < -0.4 is 10.2 Å². The highest BCUT2D eigenvalue weighted by atomic mass is 32.1. The van der Waals surface area contributed by atoms with Gasteiger partial charge in [-0.15, -0.1) is 0 Å². The Morgan fingerprint density at radius 2 is 2.05 bits per heavy atom. The molecule has 2 rings (SSSR count). The lowest BCUT2D eigenvalue weighted by atomic mass is 10.1. The Hall–Kier alpha value is -1.55. The minimum absolute atomic E-state index is 0.0253. The molecule has 2 heterocycles. The molecule has 0 atom stereocenters. The van der Waals surface area contributed by atoms with Crippen LogP contribution in [0, 0.1) is 0 Å². The maximum atomic E-state index is 4.66. The molecule has 0 aliphatic carbocycles. The van der Waals surface area contributed by atoms with Crippen molar-refractivity contribution in [2.75, 3.05) is 17.3 Å². The van der Waals surface area contributed by atoms with Crippen LogP contribution in [0.5, 0.6) is 0 Å². The topological polar surface area (TPSA) is 28.2 Å². The minimum Gasteiger partial charge on any atom is -0.365 e. The van der Waals surface area contributed by atoms with Gasteiger partial charge in [-0.2, -0.15) is 11.3 Å². The van der Waals surface area contributed by atoms with Gasteiger partial charge >= 0.3 is 0 Å². The SMILES string of the molecule is CN(Cc1ccsc1)c1cccc(NC(C)(C)C)n1. The van der Waals surface area contributed by atoms with E-state index in [4.69, 9.17) is 0 Å². The summed E-state index contributed by atoms with van der Waals surface area (Å²) < 4.78 is 0. The summed E-state index contributed by atoms with van der Waals surface area (Å²) in [5, 5.41) is 7.68. The quantitative estimate of drug-likeness (QED) is 0.914. The van der Waals surface area contributed by atoms with Gasteiger partial charge in [-0.25, -0.2) is 4.98 Å². The van der Waals surface area contributed by atoms with Gasteiger partial charge in [0.1, 0.15) is 11.6 Å². The highest BCUT2D eigenvalue weighted by molar-refractivity contribution is 7.07. The maximum absolute atomic E-state index is 4.66. The summed E-state index contributed by atoms with van der Waals surface area (Å²) in [6.45, 7) is 7.29. The van der Waals surface area contributed by atoms with Crippen molar-refractivity contribution < 1.29 is 0 Å². The number of hydrogen-bond donors (Lipinski definition) is 1. The Morgan fingerprint density at radius 1 is 1.26 bits per heavy atom. The van der Waals surface area contributed by atoms with Crippen LogP contribution in [0.1, 0.15) is 26.3 Å². The Kier molecular flexibility index (Phi) is 4.10. The molecular formula is C15H21N3S. The Bertz CT molecular complexity index is 514. The molecular weight excluding hydrogens is 254 g/mol. The number of nitrogens with zero attached hydrogens (tertiary/aromatic N) is 2. The summed E-state index contributed by atoms with van der Waals surface area (Å²) in [6, 6.07) is 8.24. The summed E-state index contributed by atoms with van der Waals surface area (Å²) in [5.74, 6) is 1.91. The van der Waals surface area contributed by atoms with Crippen LogP contribution >= 0.6 is 11.3 Å². The minimum atomic E-state index is 0.0253. The van der Waals surface area contributed by atoms with Crippen molar-refractivity contribution in [1.82, 2.24) is 4.98 Å². The monoisotopic (exact) mass is 275 g/mol. The van der Waals surface area contributed by atoms with Gasteiger partial charge in [-0.1, -0.05) is 6.07 Å². The van der Waals surface area contributed by atoms with Crippen LogP contribution in [0.25, 0.3) is 0 Å². The summed E-state index contributed by atoms with van der Waals surface area (Å²) in [6.07, 6.45) is 0. The molecule has 0 bridgehead atoms. The molecule has 0 unspecified atom stereocenters. The van der Waals surface area contributed by atoms with E-state index in [1.54, 1.807) is 11.3 Å². The van der Waals surface area contributed by atoms with Crippen molar-refractivity contribution in [2.24, 2.45) is 0 Å². The van der Waals surface area contributed by atoms with Gasteiger partial charge in [0.15, 0.2) is 0 Å². The lowest BCUT2D eigenvalue weighted by Gasteiger charge is -2.23. The smallest absolute Gasteiger partial charge is 0.130 e. The predicted molar refractivity (Wildman–Crippen MR) is 84.0 cm³/mol. The fraction of sp³-hybridized carbons (Fsp3) is 0.400. The molecule has 0 radical (unpaired) electrons. The van der Waals surface area contributed by atoms with Crippen molar-refractivity contribution in [3.05, 3.63) is 40.6 Å². The first-order valence-electron chi connectivity index (χ1n) is 6.41. The van der Waals surface area contributed by atoms with Crippen LogP contribution in [0.4, 0.5) is 11.6 Å². The van der Waals surface area contributed by atoms with Gasteiger partial charge in [0, 0.05) is 19.1 Å². The maximum Gasteiger partial charge on any atom is 0.130 e. The molecule has 0 aromatic carbocycles. The molecule has 2 aromatic heterocycles. The van der Waals surface area contributed by atoms with E-state index in [-0.39, 0.29) is 5.54 Å². The zero-order chi connectivity index (χ0) is 13.9. The van der Waals surface area contributed by atoms with Gasteiger partial charge in [0.2, 0.25) is 0 Å². The largest absolute Gasteiger partial charge is 0.365 e. The first-order valence-corrected chi connectivity index (χ1v) is 7.36. The first-order chi connectivity index (χ1) is 8.94. The summed E-state index contributed by atoms with van der Waals surface area (Å²) in [5.41, 5.74) is 1.35. The van der Waals surface area contributed by atoms with E-state index in [0.29, 0.717) is 0 Å². The van der Waals surface area contributed by atoms with Crippen LogP contribution in [0.15, 0.2) is 35.0 Å². The van der Waals surface area contributed by atoms with Crippen molar-refractivity contribution >= 4 is 23.0 Å². The van der Waals surface area contributed by atoms with E-state index in [0.717, 1.165) is 18.2 Å². The lowest BCUT2D eigenvalue weighted by Crippen LogP contribution is -2.27. The lowest BCUT2D eigenvalue weighted by molar-refractivity contribution is 0.630. The van der Waals surface area contributed by atoms with Gasteiger partial charge in [-0.3, -0.25) is 0 Å². The number of pyridine rings is 1.